The second kappa shape index (κ2) is 8.62. The van der Waals surface area contributed by atoms with Crippen LogP contribution in [0.3, 0.4) is 0 Å². The van der Waals surface area contributed by atoms with Crippen LogP contribution in [0.5, 0.6) is 5.75 Å². The molecule has 0 aliphatic rings. The first-order chi connectivity index (χ1) is 16.5. The van der Waals surface area contributed by atoms with E-state index in [-0.39, 0.29) is 11.6 Å². The van der Waals surface area contributed by atoms with Crippen molar-refractivity contribution >= 4 is 27.8 Å². The number of ether oxygens (including phenoxy) is 1. The molecule has 4 aromatic heterocycles. The van der Waals surface area contributed by atoms with Gasteiger partial charge in [-0.1, -0.05) is 6.92 Å². The molecule has 1 aromatic carbocycles. The van der Waals surface area contributed by atoms with Crippen molar-refractivity contribution in [2.75, 3.05) is 12.4 Å². The van der Waals surface area contributed by atoms with Gasteiger partial charge in [0.1, 0.15) is 28.5 Å². The predicted molar refractivity (Wildman–Crippen MR) is 131 cm³/mol. The fourth-order valence-corrected chi connectivity index (χ4v) is 4.13. The van der Waals surface area contributed by atoms with Crippen molar-refractivity contribution in [1.29, 1.82) is 0 Å². The number of H-pyrrole nitrogens is 2. The van der Waals surface area contributed by atoms with Gasteiger partial charge < -0.3 is 20.0 Å². The molecule has 4 heterocycles. The molecule has 0 amide bonds. The van der Waals surface area contributed by atoms with Gasteiger partial charge >= 0.3 is 0 Å². The van der Waals surface area contributed by atoms with Gasteiger partial charge in [0, 0.05) is 31.2 Å². The van der Waals surface area contributed by atoms with Crippen molar-refractivity contribution < 1.29 is 4.74 Å². The molecular weight excluding hydrogens is 432 g/mol. The van der Waals surface area contributed by atoms with E-state index in [1.165, 1.54) is 0 Å². The van der Waals surface area contributed by atoms with Crippen molar-refractivity contribution in [3.05, 3.63) is 58.5 Å². The molecule has 174 valence electrons. The van der Waals surface area contributed by atoms with Crippen LogP contribution in [-0.4, -0.2) is 41.8 Å². The van der Waals surface area contributed by atoms with E-state index in [0.29, 0.717) is 46.0 Å². The average Bonchev–Trinajstić information content (AvgIpc) is 3.46. The summed E-state index contributed by atoms with van der Waals surface area (Å²) in [6.45, 7) is 6.68. The number of methoxy groups -OCH3 is 1. The maximum absolute atomic E-state index is 13.3. The van der Waals surface area contributed by atoms with Crippen LogP contribution in [0.15, 0.2) is 41.6 Å². The lowest BCUT2D eigenvalue weighted by atomic mass is 10.1. The molecule has 0 aliphatic heterocycles. The van der Waals surface area contributed by atoms with E-state index in [1.54, 1.807) is 30.3 Å². The van der Waals surface area contributed by atoms with Gasteiger partial charge in [-0.2, -0.15) is 5.10 Å². The van der Waals surface area contributed by atoms with Crippen molar-refractivity contribution in [2.24, 2.45) is 0 Å². The van der Waals surface area contributed by atoms with Crippen LogP contribution in [0.1, 0.15) is 38.2 Å². The summed E-state index contributed by atoms with van der Waals surface area (Å²) in [5.74, 6) is 1.83. The first-order valence-electron chi connectivity index (χ1n) is 11.3. The summed E-state index contributed by atoms with van der Waals surface area (Å²) in [7, 11) is 1.64. The lowest BCUT2D eigenvalue weighted by Gasteiger charge is -2.16. The quantitative estimate of drug-likeness (QED) is 0.338. The number of anilines is 1. The third-order valence-corrected chi connectivity index (χ3v) is 5.88. The zero-order valence-corrected chi connectivity index (χ0v) is 19.5. The normalized spacial score (nSPS) is 12.4. The van der Waals surface area contributed by atoms with E-state index in [0.717, 1.165) is 23.3 Å². The summed E-state index contributed by atoms with van der Waals surface area (Å²) < 4.78 is 7.31. The van der Waals surface area contributed by atoms with Crippen LogP contribution in [0, 0.1) is 0 Å². The van der Waals surface area contributed by atoms with Gasteiger partial charge in [0.05, 0.1) is 35.4 Å². The number of rotatable bonds is 7. The molecular formula is C24H26N8O2. The van der Waals surface area contributed by atoms with Crippen molar-refractivity contribution in [1.82, 2.24) is 34.7 Å². The van der Waals surface area contributed by atoms with Crippen molar-refractivity contribution in [3.8, 4) is 17.1 Å². The summed E-state index contributed by atoms with van der Waals surface area (Å²) in [4.78, 5) is 33.1. The fraction of sp³-hybridized carbons (Fsp3) is 0.292. The van der Waals surface area contributed by atoms with E-state index in [1.807, 2.05) is 32.2 Å². The Morgan fingerprint density at radius 3 is 2.65 bits per heavy atom. The number of benzene rings is 1. The van der Waals surface area contributed by atoms with E-state index in [4.69, 9.17) is 14.8 Å². The molecule has 0 fully saturated rings. The number of pyridine rings is 1. The van der Waals surface area contributed by atoms with Gasteiger partial charge in [-0.05, 0) is 38.0 Å². The fourth-order valence-electron chi connectivity index (χ4n) is 4.13. The molecule has 0 spiro atoms. The Labute approximate surface area is 195 Å². The average molecular weight is 459 g/mol. The van der Waals surface area contributed by atoms with E-state index in [9.17, 15) is 4.79 Å². The highest BCUT2D eigenvalue weighted by molar-refractivity contribution is 5.96. The van der Waals surface area contributed by atoms with Crippen LogP contribution in [0.25, 0.3) is 33.5 Å². The molecule has 5 rings (SSSR count). The monoisotopic (exact) mass is 458 g/mol. The topological polar surface area (TPSA) is 126 Å². The molecule has 0 saturated carbocycles. The number of aryl methyl sites for hydroxylation is 2. The molecule has 10 heteroatoms. The molecule has 10 nitrogen and oxygen atoms in total. The van der Waals surface area contributed by atoms with Gasteiger partial charge in [0.2, 0.25) is 0 Å². The van der Waals surface area contributed by atoms with Crippen molar-refractivity contribution in [3.63, 3.8) is 0 Å². The number of aromatic amines is 2. The van der Waals surface area contributed by atoms with E-state index in [2.05, 4.69) is 32.2 Å². The second-order valence-electron chi connectivity index (χ2n) is 8.04. The van der Waals surface area contributed by atoms with Gasteiger partial charge in [0.25, 0.3) is 5.56 Å². The summed E-state index contributed by atoms with van der Waals surface area (Å²) in [5, 5.41) is 8.13. The third kappa shape index (κ3) is 3.66. The Kier molecular flexibility index (Phi) is 5.48. The minimum Gasteiger partial charge on any atom is -0.496 e. The first-order valence-corrected chi connectivity index (χ1v) is 11.3. The number of fused-ring (bicyclic) bond motifs is 2. The number of hydrogen-bond donors (Lipinski definition) is 3. The predicted octanol–water partition coefficient (Wildman–Crippen LogP) is 3.82. The smallest absolute Gasteiger partial charge is 0.261 e. The minimum atomic E-state index is -0.270. The lowest BCUT2D eigenvalue weighted by Crippen LogP contribution is -2.17. The zero-order chi connectivity index (χ0) is 23.8. The maximum atomic E-state index is 13.3. The largest absolute Gasteiger partial charge is 0.496 e. The zero-order valence-electron chi connectivity index (χ0n) is 19.5. The van der Waals surface area contributed by atoms with Gasteiger partial charge in [0.15, 0.2) is 0 Å². The molecule has 0 saturated heterocycles. The Morgan fingerprint density at radius 1 is 1.15 bits per heavy atom. The Balaban J connectivity index is 1.72. The van der Waals surface area contributed by atoms with Crippen LogP contribution in [0.4, 0.5) is 5.69 Å². The molecule has 5 aromatic rings. The molecule has 0 aliphatic carbocycles. The molecule has 3 N–H and O–H groups in total. The minimum absolute atomic E-state index is 0.270. The van der Waals surface area contributed by atoms with Crippen LogP contribution < -0.4 is 15.6 Å². The first kappa shape index (κ1) is 21.6. The highest BCUT2D eigenvalue weighted by Crippen LogP contribution is 2.33. The molecule has 34 heavy (non-hydrogen) atoms. The maximum Gasteiger partial charge on any atom is 0.261 e. The third-order valence-electron chi connectivity index (χ3n) is 5.88. The summed E-state index contributed by atoms with van der Waals surface area (Å²) in [6.07, 6.45) is 6.03. The number of aromatic nitrogens is 7. The molecule has 1 atom stereocenters. The SMILES string of the molecule is CCc1cc2[nH]c(-c3c(N[C@@H](C)c4ncccn4)c4nn(CC)cc4[nH]c3=O)nc2cc1OC. The Hall–Kier alpha value is -4.21. The summed E-state index contributed by atoms with van der Waals surface area (Å²) in [6, 6.07) is 5.40. The van der Waals surface area contributed by atoms with Crippen molar-refractivity contribution in [2.45, 2.75) is 39.8 Å². The van der Waals surface area contributed by atoms with Crippen LogP contribution in [0.2, 0.25) is 0 Å². The molecule has 0 unspecified atom stereocenters. The second-order valence-corrected chi connectivity index (χ2v) is 8.04. The Morgan fingerprint density at radius 2 is 1.94 bits per heavy atom. The number of nitrogens with zero attached hydrogens (tertiary/aromatic N) is 5. The molecule has 0 radical (unpaired) electrons. The van der Waals surface area contributed by atoms with Gasteiger partial charge in [-0.25, -0.2) is 15.0 Å². The highest BCUT2D eigenvalue weighted by atomic mass is 16.5. The van der Waals surface area contributed by atoms with E-state index >= 15 is 0 Å². The lowest BCUT2D eigenvalue weighted by molar-refractivity contribution is 0.411. The van der Waals surface area contributed by atoms with E-state index < -0.39 is 0 Å². The number of imidazole rings is 1. The highest BCUT2D eigenvalue weighted by Gasteiger charge is 2.23. The number of hydrogen-bond acceptors (Lipinski definition) is 7. The standard InChI is InChI=1S/C24H26N8O2/c1-5-14-10-15-16(11-18(14)34-4)29-23(28-15)19-21(27-13(3)22-25-8-7-9-26-22)20-17(30-24(19)33)12-32(6-2)31-20/h7-13,27H,5-6H2,1-4H3,(H,28,29)(H,30,33)/t13-/m0/s1. The number of nitrogens with one attached hydrogen (secondary N) is 3. The summed E-state index contributed by atoms with van der Waals surface area (Å²) >= 11 is 0. The van der Waals surface area contributed by atoms with Crippen LogP contribution >= 0.6 is 0 Å². The molecule has 0 bridgehead atoms. The Bertz CT molecular complexity index is 1490. The van der Waals surface area contributed by atoms with Gasteiger partial charge in [-0.15, -0.1) is 0 Å². The summed E-state index contributed by atoms with van der Waals surface area (Å²) in [5.41, 5.74) is 4.58. The van der Waals surface area contributed by atoms with Gasteiger partial charge in [-0.3, -0.25) is 9.48 Å². The van der Waals surface area contributed by atoms with Crippen LogP contribution in [-0.2, 0) is 13.0 Å².